The van der Waals surface area contributed by atoms with Gasteiger partial charge in [0.1, 0.15) is 0 Å². The van der Waals surface area contributed by atoms with Crippen LogP contribution < -0.4 is 20.7 Å². The van der Waals surface area contributed by atoms with Crippen molar-refractivity contribution in [3.05, 3.63) is 243 Å². The van der Waals surface area contributed by atoms with Gasteiger partial charge in [-0.2, -0.15) is 0 Å². The summed E-state index contributed by atoms with van der Waals surface area (Å²) in [5.41, 5.74) is 7.13. The predicted octanol–water partition coefficient (Wildman–Crippen LogP) is 12.7. The van der Waals surface area contributed by atoms with E-state index in [-0.39, 0.29) is 0 Å². The summed E-state index contributed by atoms with van der Waals surface area (Å²) in [4.78, 5) is 0. The molecule has 0 saturated carbocycles. The Hall–Kier alpha value is -7.98. The fourth-order valence-electron chi connectivity index (χ4n) is 11.1. The Morgan fingerprint density at radius 3 is 1.21 bits per heavy atom. The largest absolute Gasteiger partial charge is 0.309 e. The molecule has 13 aromatic rings. The van der Waals surface area contributed by atoms with Gasteiger partial charge in [0.25, 0.3) is 0 Å². The lowest BCUT2D eigenvalue weighted by Crippen LogP contribution is -2.74. The second-order valence-corrected chi connectivity index (χ2v) is 20.6. The zero-order chi connectivity index (χ0) is 41.5. The molecule has 10 aromatic carbocycles. The molecule has 0 aliphatic carbocycles. The molecule has 0 amide bonds. The number of para-hydroxylation sites is 3. The highest BCUT2D eigenvalue weighted by atomic mass is 28.3. The van der Waals surface area contributed by atoms with Gasteiger partial charge >= 0.3 is 0 Å². The Morgan fingerprint density at radius 2 is 0.651 bits per heavy atom. The molecule has 2 nitrogen and oxygen atoms in total. The molecule has 0 aliphatic rings. The van der Waals surface area contributed by atoms with Gasteiger partial charge in [-0.3, -0.25) is 0 Å². The average molecular weight is 817 g/mol. The van der Waals surface area contributed by atoms with E-state index in [1.54, 1.807) is 0 Å². The minimum absolute atomic E-state index is 1.16. The molecular weight excluding hydrogens is 777 g/mol. The van der Waals surface area contributed by atoms with Crippen LogP contribution in [0.25, 0.3) is 87.1 Å². The number of rotatable bonds is 5. The van der Waals surface area contributed by atoms with Crippen LogP contribution in [0, 0.1) is 0 Å². The average Bonchev–Trinajstić information content (AvgIpc) is 3.88. The summed E-state index contributed by atoms with van der Waals surface area (Å²) < 4.78 is 5.09. The highest BCUT2D eigenvalue weighted by Crippen LogP contribution is 2.43. The first kappa shape index (κ1) is 35.7. The van der Waals surface area contributed by atoms with Crippen molar-refractivity contribution in [3.8, 4) is 5.69 Å². The molecule has 0 unspecified atom stereocenters. The van der Waals surface area contributed by atoms with Crippen LogP contribution in [0.1, 0.15) is 0 Å². The van der Waals surface area contributed by atoms with Crippen molar-refractivity contribution in [1.29, 1.82) is 0 Å². The zero-order valence-electron chi connectivity index (χ0n) is 34.5. The first-order valence-corrected chi connectivity index (χ1v) is 23.9. The summed E-state index contributed by atoms with van der Waals surface area (Å²) in [6.45, 7) is 0. The molecular formula is C60H40N2Si. The lowest BCUT2D eigenvalue weighted by atomic mass is 9.99. The molecule has 0 saturated heterocycles. The van der Waals surface area contributed by atoms with Gasteiger partial charge in [-0.15, -0.1) is 0 Å². The number of benzene rings is 10. The number of aromatic nitrogens is 2. The van der Waals surface area contributed by atoms with Gasteiger partial charge in [-0.1, -0.05) is 212 Å². The van der Waals surface area contributed by atoms with E-state index in [9.17, 15) is 0 Å². The molecule has 3 heteroatoms. The molecule has 13 rings (SSSR count). The molecule has 3 heterocycles. The van der Waals surface area contributed by atoms with E-state index in [1.165, 1.54) is 102 Å². The van der Waals surface area contributed by atoms with Gasteiger partial charge in [0.2, 0.25) is 0 Å². The third kappa shape index (κ3) is 5.12. The number of fused-ring (bicyclic) bond motifs is 13. The second kappa shape index (κ2) is 14.0. The van der Waals surface area contributed by atoms with Gasteiger partial charge in [0.05, 0.1) is 33.3 Å². The van der Waals surface area contributed by atoms with Crippen LogP contribution in [0.2, 0.25) is 0 Å². The van der Waals surface area contributed by atoms with Crippen LogP contribution >= 0.6 is 0 Å². The molecule has 0 spiro atoms. The predicted molar refractivity (Wildman–Crippen MR) is 272 cm³/mol. The number of nitrogens with zero attached hydrogens (tertiary/aromatic N) is 2. The first-order valence-electron chi connectivity index (χ1n) is 21.9. The smallest absolute Gasteiger partial charge is 0.179 e. The van der Waals surface area contributed by atoms with E-state index in [0.29, 0.717) is 0 Å². The molecule has 63 heavy (non-hydrogen) atoms. The van der Waals surface area contributed by atoms with Crippen LogP contribution in [0.4, 0.5) is 0 Å². The van der Waals surface area contributed by atoms with E-state index in [0.717, 1.165) is 5.69 Å². The summed E-state index contributed by atoms with van der Waals surface area (Å²) in [6.07, 6.45) is 0. The maximum atomic E-state index is 2.55. The maximum absolute atomic E-state index is 2.79. The van der Waals surface area contributed by atoms with Crippen LogP contribution in [0.5, 0.6) is 0 Å². The first-order chi connectivity index (χ1) is 31.3. The van der Waals surface area contributed by atoms with Crippen molar-refractivity contribution in [2.75, 3.05) is 0 Å². The third-order valence-corrected chi connectivity index (χ3v) is 18.4. The van der Waals surface area contributed by atoms with Crippen molar-refractivity contribution >= 4 is 110 Å². The Labute approximate surface area is 365 Å². The van der Waals surface area contributed by atoms with Crippen molar-refractivity contribution in [2.24, 2.45) is 0 Å². The maximum Gasteiger partial charge on any atom is 0.179 e. The van der Waals surface area contributed by atoms with Gasteiger partial charge in [-0.05, 0) is 72.6 Å². The van der Waals surface area contributed by atoms with Crippen molar-refractivity contribution in [2.45, 2.75) is 0 Å². The Kier molecular flexibility index (Phi) is 7.96. The number of hydrogen-bond donors (Lipinski definition) is 0. The standard InChI is InChI=1S/C60H40N2Si/c1-4-20-41(21-5-1)63(42-22-6-2-7-23-42,43-24-8-3-9-25-43)44-36-38-57-53(40-44)50-31-16-17-33-54(50)61(57)58-39-37-52-49-30-15-19-35-56(49)62-55-34-18-14-29-48(55)46-27-11-10-26-45(46)47-28-12-13-32-51(47)59(58)60(52)62/h1-40H. The summed E-state index contributed by atoms with van der Waals surface area (Å²) in [5, 5.41) is 17.8. The van der Waals surface area contributed by atoms with Crippen molar-refractivity contribution in [1.82, 2.24) is 8.97 Å². The molecule has 0 bridgehead atoms. The summed E-state index contributed by atoms with van der Waals surface area (Å²) in [6, 6.07) is 90.8. The second-order valence-electron chi connectivity index (χ2n) is 16.7. The summed E-state index contributed by atoms with van der Waals surface area (Å²) in [7, 11) is -2.79. The van der Waals surface area contributed by atoms with E-state index in [4.69, 9.17) is 0 Å². The van der Waals surface area contributed by atoms with Gasteiger partial charge in [0, 0.05) is 32.3 Å². The summed E-state index contributed by atoms with van der Waals surface area (Å²) >= 11 is 0. The highest BCUT2D eigenvalue weighted by Gasteiger charge is 2.41. The minimum atomic E-state index is -2.79. The van der Waals surface area contributed by atoms with Crippen LogP contribution in [0.3, 0.4) is 0 Å². The SMILES string of the molecule is c1ccc([Si](c2ccccc2)(c2ccccc2)c2ccc3c(c2)c2ccccc2n3-c2ccc3c4ccccc4n4c5ccccc5c5ccccc5c5ccccc5c2c34)cc1. The molecule has 294 valence electrons. The normalized spacial score (nSPS) is 12.1. The molecule has 0 aliphatic heterocycles. The molecule has 0 radical (unpaired) electrons. The van der Waals surface area contributed by atoms with Gasteiger partial charge in [-0.25, -0.2) is 0 Å². The third-order valence-electron chi connectivity index (χ3n) is 13.6. The fourth-order valence-corrected chi connectivity index (χ4v) is 15.8. The van der Waals surface area contributed by atoms with E-state index < -0.39 is 8.07 Å². The molecule has 3 aromatic heterocycles. The number of hydrogen-bond acceptors (Lipinski definition) is 0. The highest BCUT2D eigenvalue weighted by molar-refractivity contribution is 7.20. The lowest BCUT2D eigenvalue weighted by Gasteiger charge is -2.34. The van der Waals surface area contributed by atoms with Crippen LogP contribution in [0.15, 0.2) is 243 Å². The topological polar surface area (TPSA) is 9.34 Å². The van der Waals surface area contributed by atoms with Gasteiger partial charge in [0.15, 0.2) is 8.07 Å². The quantitative estimate of drug-likeness (QED) is 0.121. The minimum Gasteiger partial charge on any atom is -0.309 e. The van der Waals surface area contributed by atoms with Crippen LogP contribution in [-0.4, -0.2) is 17.0 Å². The monoisotopic (exact) mass is 816 g/mol. The summed E-state index contributed by atoms with van der Waals surface area (Å²) in [5.74, 6) is 0. The lowest BCUT2D eigenvalue weighted by molar-refractivity contribution is 1.20. The molecule has 0 N–H and O–H groups in total. The molecule has 0 atom stereocenters. The van der Waals surface area contributed by atoms with Gasteiger partial charge < -0.3 is 8.97 Å². The Balaban J connectivity index is 1.23. The van der Waals surface area contributed by atoms with Crippen molar-refractivity contribution < 1.29 is 0 Å². The Bertz CT molecular complexity index is 3860. The van der Waals surface area contributed by atoms with E-state index in [2.05, 4.69) is 252 Å². The van der Waals surface area contributed by atoms with E-state index in [1.807, 2.05) is 0 Å². The van der Waals surface area contributed by atoms with Crippen molar-refractivity contribution in [3.63, 3.8) is 0 Å². The molecule has 0 fully saturated rings. The van der Waals surface area contributed by atoms with E-state index >= 15 is 0 Å². The fraction of sp³-hybridized carbons (Fsp3) is 0. The Morgan fingerprint density at radius 1 is 0.254 bits per heavy atom. The van der Waals surface area contributed by atoms with Crippen LogP contribution in [-0.2, 0) is 0 Å². The zero-order valence-corrected chi connectivity index (χ0v) is 35.5.